The molecule has 21 heavy (non-hydrogen) atoms. The quantitative estimate of drug-likeness (QED) is 0.521. The van der Waals surface area contributed by atoms with Gasteiger partial charge in [0.15, 0.2) is 0 Å². The third-order valence-electron chi connectivity index (χ3n) is 2.44. The minimum atomic E-state index is -0.743. The molecule has 2 aromatic rings. The highest BCUT2D eigenvalue weighted by Crippen LogP contribution is 2.29. The second-order valence-electron chi connectivity index (χ2n) is 3.94. The second-order valence-corrected chi connectivity index (χ2v) is 3.94. The molecule has 2 rings (SSSR count). The van der Waals surface area contributed by atoms with Gasteiger partial charge in [-0.05, 0) is 24.3 Å². The molecular formula is C12H8N4O5. The maximum atomic E-state index is 10.7. The van der Waals surface area contributed by atoms with Crippen molar-refractivity contribution in [3.63, 3.8) is 0 Å². The van der Waals surface area contributed by atoms with Gasteiger partial charge >= 0.3 is 0 Å². The van der Waals surface area contributed by atoms with Crippen LogP contribution in [-0.4, -0.2) is 15.0 Å². The fraction of sp³-hybridized carbons (Fsp3) is 0. The molecule has 0 aliphatic heterocycles. The summed E-state index contributed by atoms with van der Waals surface area (Å²) < 4.78 is 0. The van der Waals surface area contributed by atoms with Crippen molar-refractivity contribution in [3.05, 3.63) is 62.7 Å². The van der Waals surface area contributed by atoms with Crippen molar-refractivity contribution in [3.8, 4) is 5.75 Å². The number of nitro groups is 2. The lowest BCUT2D eigenvalue weighted by atomic mass is 10.2. The van der Waals surface area contributed by atoms with E-state index in [4.69, 9.17) is 5.11 Å². The van der Waals surface area contributed by atoms with Crippen LogP contribution in [0, 0.1) is 20.2 Å². The standard InChI is InChI=1S/C12H8N4O5/c17-12-3-1-8(2-4-12)13-14-9-5-10(15(18)19)7-11(6-9)16(20)21/h1-7,17H. The third-order valence-corrected chi connectivity index (χ3v) is 2.44. The van der Waals surface area contributed by atoms with Crippen LogP contribution in [0.4, 0.5) is 22.7 Å². The lowest BCUT2D eigenvalue weighted by Gasteiger charge is -1.96. The van der Waals surface area contributed by atoms with E-state index in [1.165, 1.54) is 24.3 Å². The van der Waals surface area contributed by atoms with E-state index >= 15 is 0 Å². The topological polar surface area (TPSA) is 131 Å². The van der Waals surface area contributed by atoms with Gasteiger partial charge in [-0.2, -0.15) is 10.2 Å². The van der Waals surface area contributed by atoms with Crippen LogP contribution in [0.15, 0.2) is 52.7 Å². The smallest absolute Gasteiger partial charge is 0.278 e. The summed E-state index contributed by atoms with van der Waals surface area (Å²) in [6.07, 6.45) is 0. The number of aromatic hydroxyl groups is 1. The summed E-state index contributed by atoms with van der Waals surface area (Å²) in [6, 6.07) is 8.75. The van der Waals surface area contributed by atoms with Gasteiger partial charge < -0.3 is 5.11 Å². The van der Waals surface area contributed by atoms with E-state index in [2.05, 4.69) is 10.2 Å². The molecule has 0 saturated carbocycles. The molecule has 2 aromatic carbocycles. The van der Waals surface area contributed by atoms with Crippen molar-refractivity contribution in [1.29, 1.82) is 0 Å². The van der Waals surface area contributed by atoms with E-state index in [-0.39, 0.29) is 11.4 Å². The number of rotatable bonds is 4. The monoisotopic (exact) mass is 288 g/mol. The van der Waals surface area contributed by atoms with Crippen LogP contribution in [0.3, 0.4) is 0 Å². The van der Waals surface area contributed by atoms with Crippen molar-refractivity contribution in [1.82, 2.24) is 0 Å². The third kappa shape index (κ3) is 3.56. The van der Waals surface area contributed by atoms with Crippen molar-refractivity contribution in [2.75, 3.05) is 0 Å². The molecule has 9 heteroatoms. The highest BCUT2D eigenvalue weighted by molar-refractivity contribution is 5.56. The molecule has 0 saturated heterocycles. The van der Waals surface area contributed by atoms with Gasteiger partial charge in [0.25, 0.3) is 11.4 Å². The van der Waals surface area contributed by atoms with E-state index in [1.807, 2.05) is 0 Å². The Balaban J connectivity index is 2.36. The molecule has 9 nitrogen and oxygen atoms in total. The van der Waals surface area contributed by atoms with E-state index in [0.29, 0.717) is 5.69 Å². The fourth-order valence-corrected chi connectivity index (χ4v) is 1.48. The Kier molecular flexibility index (Phi) is 3.84. The van der Waals surface area contributed by atoms with Gasteiger partial charge in [-0.3, -0.25) is 20.2 Å². The first-order valence-electron chi connectivity index (χ1n) is 5.60. The van der Waals surface area contributed by atoms with Crippen LogP contribution in [0.1, 0.15) is 0 Å². The Morgan fingerprint density at radius 2 is 1.29 bits per heavy atom. The summed E-state index contributed by atoms with van der Waals surface area (Å²) >= 11 is 0. The van der Waals surface area contributed by atoms with E-state index in [0.717, 1.165) is 18.2 Å². The van der Waals surface area contributed by atoms with Crippen LogP contribution in [-0.2, 0) is 0 Å². The number of hydrogen-bond acceptors (Lipinski definition) is 7. The summed E-state index contributed by atoms with van der Waals surface area (Å²) in [7, 11) is 0. The molecular weight excluding hydrogens is 280 g/mol. The van der Waals surface area contributed by atoms with Crippen LogP contribution in [0.25, 0.3) is 0 Å². The zero-order chi connectivity index (χ0) is 15.4. The zero-order valence-electron chi connectivity index (χ0n) is 10.4. The number of phenols is 1. The Morgan fingerprint density at radius 1 is 0.810 bits per heavy atom. The number of nitro benzene ring substituents is 2. The van der Waals surface area contributed by atoms with Crippen LogP contribution in [0.5, 0.6) is 5.75 Å². The lowest BCUT2D eigenvalue weighted by molar-refractivity contribution is -0.394. The maximum Gasteiger partial charge on any atom is 0.278 e. The number of benzene rings is 2. The molecule has 0 aliphatic rings. The zero-order valence-corrected chi connectivity index (χ0v) is 10.4. The van der Waals surface area contributed by atoms with Crippen molar-refractivity contribution >= 4 is 22.7 Å². The molecule has 0 aliphatic carbocycles. The lowest BCUT2D eigenvalue weighted by Crippen LogP contribution is -1.92. The molecule has 106 valence electrons. The molecule has 0 aromatic heterocycles. The van der Waals surface area contributed by atoms with Crippen molar-refractivity contribution < 1.29 is 15.0 Å². The van der Waals surface area contributed by atoms with Gasteiger partial charge in [0.1, 0.15) is 5.75 Å². The maximum absolute atomic E-state index is 10.7. The SMILES string of the molecule is O=[N+]([O-])c1cc(N=Nc2ccc(O)cc2)cc([N+](=O)[O-])c1. The molecule has 0 heterocycles. The summed E-state index contributed by atoms with van der Waals surface area (Å²) in [4.78, 5) is 20.0. The summed E-state index contributed by atoms with van der Waals surface area (Å²) in [5, 5.41) is 38.1. The largest absolute Gasteiger partial charge is 0.508 e. The summed E-state index contributed by atoms with van der Waals surface area (Å²) in [5.41, 5.74) is -0.501. The molecule has 0 radical (unpaired) electrons. The summed E-state index contributed by atoms with van der Waals surface area (Å²) in [5.74, 6) is 0.0555. The van der Waals surface area contributed by atoms with E-state index < -0.39 is 21.2 Å². The van der Waals surface area contributed by atoms with Crippen LogP contribution < -0.4 is 0 Å². The normalized spacial score (nSPS) is 10.7. The first kappa shape index (κ1) is 14.1. The van der Waals surface area contributed by atoms with Crippen molar-refractivity contribution in [2.45, 2.75) is 0 Å². The minimum absolute atomic E-state index is 0.0102. The van der Waals surface area contributed by atoms with Gasteiger partial charge in [-0.25, -0.2) is 0 Å². The second kappa shape index (κ2) is 5.74. The van der Waals surface area contributed by atoms with Gasteiger partial charge in [0.2, 0.25) is 0 Å². The Morgan fingerprint density at radius 3 is 1.76 bits per heavy atom. The Hall–Kier alpha value is -3.36. The average molecular weight is 288 g/mol. The number of non-ortho nitro benzene ring substituents is 2. The van der Waals surface area contributed by atoms with E-state index in [9.17, 15) is 20.2 Å². The molecule has 1 N–H and O–H groups in total. The number of phenolic OH excluding ortho intramolecular Hbond substituents is 1. The van der Waals surface area contributed by atoms with Gasteiger partial charge in [-0.15, -0.1) is 0 Å². The van der Waals surface area contributed by atoms with Gasteiger partial charge in [0.05, 0.1) is 27.3 Å². The van der Waals surface area contributed by atoms with Gasteiger partial charge in [-0.1, -0.05) is 0 Å². The fourth-order valence-electron chi connectivity index (χ4n) is 1.48. The minimum Gasteiger partial charge on any atom is -0.508 e. The van der Waals surface area contributed by atoms with Crippen LogP contribution >= 0.6 is 0 Å². The van der Waals surface area contributed by atoms with Gasteiger partial charge in [0, 0.05) is 12.1 Å². The first-order chi connectivity index (χ1) is 9.95. The number of azo groups is 1. The molecule has 0 unspecified atom stereocenters. The Bertz CT molecular complexity index is 695. The highest BCUT2D eigenvalue weighted by atomic mass is 16.6. The number of hydrogen-bond donors (Lipinski definition) is 1. The van der Waals surface area contributed by atoms with Crippen molar-refractivity contribution in [2.24, 2.45) is 10.2 Å². The molecule has 0 atom stereocenters. The predicted octanol–water partition coefficient (Wildman–Crippen LogP) is 3.62. The Labute approximate surface area is 117 Å². The average Bonchev–Trinajstić information content (AvgIpc) is 2.46. The molecule has 0 spiro atoms. The van der Waals surface area contributed by atoms with Crippen LogP contribution in [0.2, 0.25) is 0 Å². The molecule has 0 bridgehead atoms. The predicted molar refractivity (Wildman–Crippen MR) is 72.0 cm³/mol. The number of nitrogens with zero attached hydrogens (tertiary/aromatic N) is 4. The molecule has 0 amide bonds. The highest BCUT2D eigenvalue weighted by Gasteiger charge is 2.16. The summed E-state index contributed by atoms with van der Waals surface area (Å²) in [6.45, 7) is 0. The van der Waals surface area contributed by atoms with E-state index in [1.54, 1.807) is 0 Å². The molecule has 0 fully saturated rings. The first-order valence-corrected chi connectivity index (χ1v) is 5.60.